The molecule has 2 aromatic carbocycles. The summed E-state index contributed by atoms with van der Waals surface area (Å²) in [6.07, 6.45) is 7.85. The molecule has 1 aliphatic heterocycles. The Hall–Kier alpha value is -4.05. The van der Waals surface area contributed by atoms with Gasteiger partial charge >= 0.3 is 0 Å². The third-order valence-electron chi connectivity index (χ3n) is 8.81. The van der Waals surface area contributed by atoms with Crippen molar-refractivity contribution in [1.29, 1.82) is 0 Å². The number of carbonyl (C=O) groups excluding carboxylic acids is 2. The minimum Gasteiger partial charge on any atom is -0.331 e. The maximum atomic E-state index is 15.4. The van der Waals surface area contributed by atoms with E-state index in [1.807, 2.05) is 32.2 Å². The molecule has 10 heteroatoms. The quantitative estimate of drug-likeness (QED) is 0.344. The van der Waals surface area contributed by atoms with Crippen molar-refractivity contribution < 1.29 is 22.4 Å². The van der Waals surface area contributed by atoms with Crippen LogP contribution in [0.3, 0.4) is 0 Å². The van der Waals surface area contributed by atoms with Crippen LogP contribution in [0.5, 0.6) is 0 Å². The second-order valence-electron chi connectivity index (χ2n) is 11.9. The number of nitrogens with zero attached hydrogens (tertiary/aromatic N) is 3. The van der Waals surface area contributed by atoms with Crippen molar-refractivity contribution in [3.63, 3.8) is 0 Å². The van der Waals surface area contributed by atoms with E-state index in [1.165, 1.54) is 17.2 Å². The number of aromatic nitrogens is 2. The highest BCUT2D eigenvalue weighted by molar-refractivity contribution is 7.89. The smallest absolute Gasteiger partial charge is 0.255 e. The number of pyridine rings is 1. The van der Waals surface area contributed by atoms with Crippen molar-refractivity contribution >= 4 is 27.5 Å². The summed E-state index contributed by atoms with van der Waals surface area (Å²) in [7, 11) is -3.64. The molecule has 216 valence electrons. The van der Waals surface area contributed by atoms with Gasteiger partial charge in [0.15, 0.2) is 0 Å². The minimum absolute atomic E-state index is 0.0227. The maximum Gasteiger partial charge on any atom is 0.255 e. The lowest BCUT2D eigenvalue weighted by Crippen LogP contribution is -2.39. The average Bonchev–Trinajstić information content (AvgIpc) is 3.88. The normalized spacial score (nSPS) is 21.7. The molecule has 2 fully saturated rings. The SMILES string of the molecule is C[C@@H]1c2ccccc2CCN1C(=O)c1cc(C2CC2)c2nc(-c3ccc(C4C[C@@H]4C(=O)NS(C)(=O)=O)cc3F)cn2c1. The number of nitrogens with one attached hydrogen (secondary N) is 1. The van der Waals surface area contributed by atoms with E-state index in [4.69, 9.17) is 4.98 Å². The average molecular weight is 587 g/mol. The fourth-order valence-corrected chi connectivity index (χ4v) is 6.88. The van der Waals surface area contributed by atoms with Crippen LogP contribution < -0.4 is 4.72 Å². The topological polar surface area (TPSA) is 101 Å². The predicted molar refractivity (Wildman–Crippen MR) is 156 cm³/mol. The second kappa shape index (κ2) is 9.76. The van der Waals surface area contributed by atoms with Crippen molar-refractivity contribution in [1.82, 2.24) is 19.0 Å². The molecule has 2 saturated carbocycles. The van der Waals surface area contributed by atoms with Crippen LogP contribution in [0.25, 0.3) is 16.9 Å². The van der Waals surface area contributed by atoms with E-state index in [9.17, 15) is 18.0 Å². The molecule has 0 spiro atoms. The Morgan fingerprint density at radius 1 is 1.05 bits per heavy atom. The molecular weight excluding hydrogens is 555 g/mol. The van der Waals surface area contributed by atoms with E-state index in [0.29, 0.717) is 41.3 Å². The lowest BCUT2D eigenvalue weighted by atomic mass is 9.93. The van der Waals surface area contributed by atoms with Crippen molar-refractivity contribution in [3.05, 3.63) is 94.6 Å². The van der Waals surface area contributed by atoms with Crippen LogP contribution in [-0.4, -0.2) is 47.3 Å². The molecule has 42 heavy (non-hydrogen) atoms. The van der Waals surface area contributed by atoms with Crippen LogP contribution in [0, 0.1) is 11.7 Å². The van der Waals surface area contributed by atoms with Gasteiger partial charge in [-0.2, -0.15) is 0 Å². The fourth-order valence-electron chi connectivity index (χ4n) is 6.36. The number of sulfonamides is 1. The van der Waals surface area contributed by atoms with Crippen LogP contribution >= 0.6 is 0 Å². The molecule has 7 rings (SSSR count). The molecule has 8 nitrogen and oxygen atoms in total. The second-order valence-corrected chi connectivity index (χ2v) is 13.6. The molecule has 3 atom stereocenters. The first-order valence-electron chi connectivity index (χ1n) is 14.3. The lowest BCUT2D eigenvalue weighted by molar-refractivity contribution is -0.120. The highest BCUT2D eigenvalue weighted by Gasteiger charge is 2.45. The van der Waals surface area contributed by atoms with E-state index < -0.39 is 27.7 Å². The molecule has 4 aromatic rings. The van der Waals surface area contributed by atoms with E-state index >= 15 is 4.39 Å². The largest absolute Gasteiger partial charge is 0.331 e. The van der Waals surface area contributed by atoms with E-state index in [2.05, 4.69) is 19.1 Å². The monoisotopic (exact) mass is 586 g/mol. The van der Waals surface area contributed by atoms with Crippen molar-refractivity contribution in [2.45, 2.75) is 50.5 Å². The van der Waals surface area contributed by atoms with Crippen molar-refractivity contribution in [2.75, 3.05) is 12.8 Å². The minimum atomic E-state index is -3.64. The van der Waals surface area contributed by atoms with Gasteiger partial charge < -0.3 is 9.30 Å². The summed E-state index contributed by atoms with van der Waals surface area (Å²) in [6, 6.07) is 15.0. The molecule has 1 N–H and O–H groups in total. The van der Waals surface area contributed by atoms with Gasteiger partial charge in [0.2, 0.25) is 15.9 Å². The number of hydrogen-bond donors (Lipinski definition) is 1. The first kappa shape index (κ1) is 26.8. The Morgan fingerprint density at radius 3 is 2.57 bits per heavy atom. The molecule has 3 aliphatic rings. The van der Waals surface area contributed by atoms with Crippen LogP contribution in [0.1, 0.15) is 76.7 Å². The molecule has 0 saturated heterocycles. The lowest BCUT2D eigenvalue weighted by Gasteiger charge is -2.35. The Bertz CT molecular complexity index is 1880. The zero-order chi connectivity index (χ0) is 29.3. The van der Waals surface area contributed by atoms with Gasteiger partial charge in [0.25, 0.3) is 5.91 Å². The molecule has 0 bridgehead atoms. The number of amides is 2. The van der Waals surface area contributed by atoms with Gasteiger partial charge in [-0.15, -0.1) is 0 Å². The molecule has 3 heterocycles. The first-order chi connectivity index (χ1) is 20.1. The van der Waals surface area contributed by atoms with Crippen LogP contribution in [0.2, 0.25) is 0 Å². The number of imidazole rings is 1. The van der Waals surface area contributed by atoms with Crippen molar-refractivity contribution in [2.24, 2.45) is 5.92 Å². The summed E-state index contributed by atoms with van der Waals surface area (Å²) in [4.78, 5) is 32.7. The van der Waals surface area contributed by atoms with Gasteiger partial charge in [0.1, 0.15) is 11.5 Å². The first-order valence-corrected chi connectivity index (χ1v) is 16.2. The van der Waals surface area contributed by atoms with Crippen LogP contribution in [0.4, 0.5) is 4.39 Å². The highest BCUT2D eigenvalue weighted by Crippen LogP contribution is 2.48. The maximum absolute atomic E-state index is 15.4. The number of halogens is 1. The number of rotatable bonds is 6. The molecule has 1 unspecified atom stereocenters. The number of benzene rings is 2. The molecule has 0 radical (unpaired) electrons. The standard InChI is InChI=1S/C32H31FN4O4S/c1-18-23-6-4-3-5-19(23)11-12-37(18)32(39)22-13-26(20-7-8-20)30-34-29(17-36(30)16-22)24-10-9-21(14-28(24)33)25-15-27(25)31(38)35-42(2,40)41/h3-6,9-10,13-14,16-18,20,25,27H,7-8,11-12,15H2,1-2H3,(H,35,38)/t18-,25?,27+/m1/s1. The highest BCUT2D eigenvalue weighted by atomic mass is 32.2. The number of fused-ring (bicyclic) bond motifs is 2. The fraction of sp³-hybridized carbons (Fsp3) is 0.344. The number of carbonyl (C=O) groups is 2. The van der Waals surface area contributed by atoms with E-state index in [1.54, 1.807) is 24.5 Å². The van der Waals surface area contributed by atoms with Gasteiger partial charge in [-0.25, -0.2) is 17.8 Å². The van der Waals surface area contributed by atoms with E-state index in [0.717, 1.165) is 36.7 Å². The summed E-state index contributed by atoms with van der Waals surface area (Å²) in [6.45, 7) is 2.72. The molecule has 2 aliphatic carbocycles. The van der Waals surface area contributed by atoms with Crippen LogP contribution in [-0.2, 0) is 21.2 Å². The summed E-state index contributed by atoms with van der Waals surface area (Å²) in [5.41, 5.74) is 6.24. The van der Waals surface area contributed by atoms with Gasteiger partial charge in [-0.1, -0.05) is 30.3 Å². The Balaban J connectivity index is 1.17. The third kappa shape index (κ3) is 4.87. The molecular formula is C32H31FN4O4S. The Kier molecular flexibility index (Phi) is 6.23. The van der Waals surface area contributed by atoms with Gasteiger partial charge in [0, 0.05) is 30.4 Å². The third-order valence-corrected chi connectivity index (χ3v) is 9.38. The van der Waals surface area contributed by atoms with Gasteiger partial charge in [-0.05, 0) is 84.9 Å². The van der Waals surface area contributed by atoms with Gasteiger partial charge in [-0.3, -0.25) is 14.3 Å². The number of hydrogen-bond acceptors (Lipinski definition) is 5. The van der Waals surface area contributed by atoms with Crippen molar-refractivity contribution in [3.8, 4) is 11.3 Å². The van der Waals surface area contributed by atoms with Gasteiger partial charge in [0.05, 0.1) is 23.6 Å². The van der Waals surface area contributed by atoms with E-state index in [-0.39, 0.29) is 17.9 Å². The zero-order valence-electron chi connectivity index (χ0n) is 23.4. The Morgan fingerprint density at radius 2 is 1.83 bits per heavy atom. The molecule has 2 aromatic heterocycles. The summed E-state index contributed by atoms with van der Waals surface area (Å²) < 4.78 is 42.1. The summed E-state index contributed by atoms with van der Waals surface area (Å²) >= 11 is 0. The predicted octanol–water partition coefficient (Wildman–Crippen LogP) is 4.96. The summed E-state index contributed by atoms with van der Waals surface area (Å²) in [5.74, 6) is -1.44. The summed E-state index contributed by atoms with van der Waals surface area (Å²) in [5, 5.41) is 0. The Labute approximate surface area is 243 Å². The zero-order valence-corrected chi connectivity index (χ0v) is 24.2. The van der Waals surface area contributed by atoms with Crippen LogP contribution in [0.15, 0.2) is 60.9 Å². The molecule has 2 amide bonds.